The standard InChI is InChI=1S/C12H20N2O4S3/c1-9-12(19-10(2)14-9)7-13-21(17,18)6-4-11-3-5-20(15,16)8-11/h11,13H,3-8H2,1-2H3. The van der Waals surface area contributed by atoms with Crippen LogP contribution in [0.5, 0.6) is 0 Å². The molecule has 6 nitrogen and oxygen atoms in total. The van der Waals surface area contributed by atoms with Crippen LogP contribution in [-0.4, -0.2) is 39.1 Å². The van der Waals surface area contributed by atoms with Crippen LogP contribution in [0.2, 0.25) is 0 Å². The first kappa shape index (κ1) is 16.9. The Morgan fingerprint density at radius 1 is 1.38 bits per heavy atom. The summed E-state index contributed by atoms with van der Waals surface area (Å²) in [6.07, 6.45) is 0.972. The molecule has 9 heteroatoms. The zero-order valence-electron chi connectivity index (χ0n) is 12.1. The molecular weight excluding hydrogens is 332 g/mol. The number of nitrogens with zero attached hydrogens (tertiary/aromatic N) is 1. The molecule has 120 valence electrons. The van der Waals surface area contributed by atoms with Crippen molar-refractivity contribution in [3.8, 4) is 0 Å². The van der Waals surface area contributed by atoms with Crippen molar-refractivity contribution in [1.29, 1.82) is 0 Å². The number of sulfonamides is 1. The second kappa shape index (κ2) is 6.31. The zero-order valence-corrected chi connectivity index (χ0v) is 14.6. The molecule has 0 saturated carbocycles. The molecule has 0 spiro atoms. The van der Waals surface area contributed by atoms with Gasteiger partial charge in [-0.3, -0.25) is 0 Å². The fourth-order valence-corrected chi connectivity index (χ4v) is 6.44. The Bertz CT molecular complexity index is 707. The Balaban J connectivity index is 1.84. The summed E-state index contributed by atoms with van der Waals surface area (Å²) in [6.45, 7) is 4.00. The highest BCUT2D eigenvalue weighted by Crippen LogP contribution is 2.22. The number of hydrogen-bond donors (Lipinski definition) is 1. The van der Waals surface area contributed by atoms with Gasteiger partial charge in [-0.15, -0.1) is 11.3 Å². The SMILES string of the molecule is Cc1nc(C)c(CNS(=O)(=O)CCC2CCS(=O)(=O)C2)s1. The quantitative estimate of drug-likeness (QED) is 0.824. The zero-order chi connectivity index (χ0) is 15.7. The minimum absolute atomic E-state index is 0.0238. The smallest absolute Gasteiger partial charge is 0.211 e. The molecule has 2 rings (SSSR count). The Morgan fingerprint density at radius 2 is 2.10 bits per heavy atom. The number of nitrogens with one attached hydrogen (secondary N) is 1. The average molecular weight is 353 g/mol. The van der Waals surface area contributed by atoms with E-state index in [-0.39, 0.29) is 29.7 Å². The maximum absolute atomic E-state index is 12.0. The van der Waals surface area contributed by atoms with Gasteiger partial charge in [0, 0.05) is 11.4 Å². The molecule has 0 aromatic carbocycles. The summed E-state index contributed by atoms with van der Waals surface area (Å²) in [5.74, 6) is 0.253. The third-order valence-corrected chi connectivity index (χ3v) is 7.84. The van der Waals surface area contributed by atoms with Crippen LogP contribution in [0, 0.1) is 19.8 Å². The molecule has 0 aliphatic carbocycles. The van der Waals surface area contributed by atoms with E-state index in [9.17, 15) is 16.8 Å². The van der Waals surface area contributed by atoms with Crippen molar-refractivity contribution in [3.05, 3.63) is 15.6 Å². The highest BCUT2D eigenvalue weighted by Gasteiger charge is 2.28. The van der Waals surface area contributed by atoms with Crippen molar-refractivity contribution in [3.63, 3.8) is 0 Å². The van der Waals surface area contributed by atoms with Crippen LogP contribution >= 0.6 is 11.3 Å². The monoisotopic (exact) mass is 352 g/mol. The molecule has 0 radical (unpaired) electrons. The van der Waals surface area contributed by atoms with Crippen LogP contribution in [0.4, 0.5) is 0 Å². The minimum Gasteiger partial charge on any atom is -0.247 e. The Hall–Kier alpha value is -0.510. The van der Waals surface area contributed by atoms with Gasteiger partial charge in [0.05, 0.1) is 28.0 Å². The molecule has 1 atom stereocenters. The summed E-state index contributed by atoms with van der Waals surface area (Å²) in [5.41, 5.74) is 0.849. The first-order chi connectivity index (χ1) is 9.67. The molecule has 0 amide bonds. The number of rotatable bonds is 6. The predicted octanol–water partition coefficient (Wildman–Crippen LogP) is 1.00. The van der Waals surface area contributed by atoms with Gasteiger partial charge in [0.15, 0.2) is 9.84 Å². The van der Waals surface area contributed by atoms with Crippen molar-refractivity contribution in [2.24, 2.45) is 5.92 Å². The lowest BCUT2D eigenvalue weighted by molar-refractivity contribution is 0.544. The highest BCUT2D eigenvalue weighted by atomic mass is 32.2. The topological polar surface area (TPSA) is 93.2 Å². The van der Waals surface area contributed by atoms with Gasteiger partial charge < -0.3 is 0 Å². The maximum atomic E-state index is 12.0. The highest BCUT2D eigenvalue weighted by molar-refractivity contribution is 7.91. The fraction of sp³-hybridized carbons (Fsp3) is 0.750. The number of hydrogen-bond acceptors (Lipinski definition) is 6. The van der Waals surface area contributed by atoms with E-state index < -0.39 is 19.9 Å². The van der Waals surface area contributed by atoms with Gasteiger partial charge in [-0.2, -0.15) is 0 Å². The first-order valence-corrected chi connectivity index (χ1v) is 11.1. The lowest BCUT2D eigenvalue weighted by Crippen LogP contribution is -2.27. The van der Waals surface area contributed by atoms with Crippen LogP contribution in [0.3, 0.4) is 0 Å². The summed E-state index contributed by atoms with van der Waals surface area (Å²) in [4.78, 5) is 5.17. The van der Waals surface area contributed by atoms with Crippen molar-refractivity contribution in [1.82, 2.24) is 9.71 Å². The van der Waals surface area contributed by atoms with E-state index >= 15 is 0 Å². The van der Waals surface area contributed by atoms with E-state index in [0.717, 1.165) is 15.6 Å². The summed E-state index contributed by atoms with van der Waals surface area (Å²) < 4.78 is 49.2. The van der Waals surface area contributed by atoms with E-state index in [2.05, 4.69) is 9.71 Å². The normalized spacial score (nSPS) is 21.7. The lowest BCUT2D eigenvalue weighted by Gasteiger charge is -2.09. The molecule has 1 unspecified atom stereocenters. The molecule has 1 aliphatic heterocycles. The molecule has 1 N–H and O–H groups in total. The van der Waals surface area contributed by atoms with Crippen LogP contribution in [-0.2, 0) is 26.4 Å². The fourth-order valence-electron chi connectivity index (χ4n) is 2.41. The molecule has 1 aromatic rings. The van der Waals surface area contributed by atoms with Crippen molar-refractivity contribution < 1.29 is 16.8 Å². The average Bonchev–Trinajstić information content (AvgIpc) is 2.87. The molecular formula is C12H20N2O4S3. The lowest BCUT2D eigenvalue weighted by atomic mass is 10.1. The third kappa shape index (κ3) is 5.01. The third-order valence-electron chi connectivity index (χ3n) is 3.57. The number of aryl methyl sites for hydroxylation is 2. The molecule has 1 aromatic heterocycles. The Morgan fingerprint density at radius 3 is 2.62 bits per heavy atom. The predicted molar refractivity (Wildman–Crippen MR) is 83.6 cm³/mol. The van der Waals surface area contributed by atoms with E-state index in [4.69, 9.17) is 0 Å². The van der Waals surface area contributed by atoms with Crippen molar-refractivity contribution >= 4 is 31.2 Å². The van der Waals surface area contributed by atoms with Gasteiger partial charge >= 0.3 is 0 Å². The van der Waals surface area contributed by atoms with Gasteiger partial charge in [0.2, 0.25) is 10.0 Å². The van der Waals surface area contributed by atoms with Gasteiger partial charge in [0.25, 0.3) is 0 Å². The van der Waals surface area contributed by atoms with Gasteiger partial charge in [-0.1, -0.05) is 0 Å². The van der Waals surface area contributed by atoms with Gasteiger partial charge in [-0.25, -0.2) is 26.5 Å². The molecule has 1 aliphatic rings. The summed E-state index contributed by atoms with van der Waals surface area (Å²) in [6, 6.07) is 0. The molecule has 2 heterocycles. The van der Waals surface area contributed by atoms with Crippen LogP contribution in [0.15, 0.2) is 0 Å². The molecule has 21 heavy (non-hydrogen) atoms. The van der Waals surface area contributed by atoms with Gasteiger partial charge in [0.1, 0.15) is 0 Å². The van der Waals surface area contributed by atoms with Gasteiger partial charge in [-0.05, 0) is 32.6 Å². The van der Waals surface area contributed by atoms with Crippen LogP contribution < -0.4 is 4.72 Å². The number of sulfone groups is 1. The summed E-state index contributed by atoms with van der Waals surface area (Å²) in [7, 11) is -6.32. The largest absolute Gasteiger partial charge is 0.247 e. The first-order valence-electron chi connectivity index (χ1n) is 6.77. The second-order valence-corrected chi connectivity index (χ2v) is 10.9. The Labute approximate surface area is 130 Å². The summed E-state index contributed by atoms with van der Waals surface area (Å²) in [5, 5.41) is 0.915. The van der Waals surface area contributed by atoms with Crippen LogP contribution in [0.1, 0.15) is 28.4 Å². The maximum Gasteiger partial charge on any atom is 0.211 e. The Kier molecular flexibility index (Phi) is 5.07. The van der Waals surface area contributed by atoms with E-state index in [0.29, 0.717) is 12.8 Å². The minimum atomic E-state index is -3.38. The molecule has 0 bridgehead atoms. The van der Waals surface area contributed by atoms with Crippen molar-refractivity contribution in [2.75, 3.05) is 17.3 Å². The van der Waals surface area contributed by atoms with Crippen molar-refractivity contribution in [2.45, 2.75) is 33.2 Å². The van der Waals surface area contributed by atoms with E-state index in [1.165, 1.54) is 11.3 Å². The second-order valence-electron chi connectivity index (χ2n) is 5.44. The summed E-state index contributed by atoms with van der Waals surface area (Å²) >= 11 is 1.48. The molecule has 1 fully saturated rings. The number of thiazole rings is 1. The van der Waals surface area contributed by atoms with Crippen LogP contribution in [0.25, 0.3) is 0 Å². The van der Waals surface area contributed by atoms with E-state index in [1.54, 1.807) is 0 Å². The van der Waals surface area contributed by atoms with E-state index in [1.807, 2.05) is 13.8 Å². The number of aromatic nitrogens is 1. The molecule has 1 saturated heterocycles.